The molecule has 1 saturated heterocycles. The van der Waals surface area contributed by atoms with Crippen molar-refractivity contribution >= 4 is 0 Å². The maximum Gasteiger partial charge on any atom is 0.0582 e. The van der Waals surface area contributed by atoms with Crippen molar-refractivity contribution in [2.75, 3.05) is 19.8 Å². The molecule has 3 nitrogen and oxygen atoms in total. The van der Waals surface area contributed by atoms with E-state index in [1.54, 1.807) is 0 Å². The Morgan fingerprint density at radius 2 is 2.38 bits per heavy atom. The minimum atomic E-state index is 0.200. The highest BCUT2D eigenvalue weighted by atomic mass is 16.5. The molecule has 0 aliphatic carbocycles. The van der Waals surface area contributed by atoms with Crippen LogP contribution in [-0.2, 0) is 4.74 Å². The first-order valence-electron chi connectivity index (χ1n) is 5.22. The summed E-state index contributed by atoms with van der Waals surface area (Å²) in [7, 11) is 0. The zero-order chi connectivity index (χ0) is 9.68. The Morgan fingerprint density at radius 3 is 2.85 bits per heavy atom. The first-order valence-corrected chi connectivity index (χ1v) is 5.22. The molecule has 0 aromatic heterocycles. The van der Waals surface area contributed by atoms with E-state index in [9.17, 15) is 0 Å². The largest absolute Gasteiger partial charge is 0.395 e. The summed E-state index contributed by atoms with van der Waals surface area (Å²) in [5, 5.41) is 12.4. The molecule has 1 heterocycles. The van der Waals surface area contributed by atoms with Crippen molar-refractivity contribution in [1.29, 1.82) is 0 Å². The molecule has 0 aromatic carbocycles. The second kappa shape index (κ2) is 5.58. The molecule has 78 valence electrons. The van der Waals surface area contributed by atoms with Gasteiger partial charge in [0.15, 0.2) is 0 Å². The fourth-order valence-corrected chi connectivity index (χ4v) is 1.88. The molecule has 1 aliphatic heterocycles. The lowest BCUT2D eigenvalue weighted by Crippen LogP contribution is -2.43. The van der Waals surface area contributed by atoms with Gasteiger partial charge in [0.25, 0.3) is 0 Å². The van der Waals surface area contributed by atoms with Gasteiger partial charge in [0, 0.05) is 18.7 Å². The van der Waals surface area contributed by atoms with Crippen LogP contribution < -0.4 is 5.32 Å². The van der Waals surface area contributed by atoms with Gasteiger partial charge in [-0.15, -0.1) is 0 Å². The van der Waals surface area contributed by atoms with Gasteiger partial charge < -0.3 is 15.2 Å². The molecule has 0 aromatic rings. The van der Waals surface area contributed by atoms with Gasteiger partial charge in [-0.2, -0.15) is 0 Å². The van der Waals surface area contributed by atoms with Gasteiger partial charge in [-0.3, -0.25) is 0 Å². The number of ether oxygens (including phenoxy) is 1. The molecule has 2 N–H and O–H groups in total. The van der Waals surface area contributed by atoms with E-state index in [4.69, 9.17) is 9.84 Å². The van der Waals surface area contributed by atoms with Crippen LogP contribution in [-0.4, -0.2) is 37.0 Å². The molecule has 3 unspecified atom stereocenters. The first-order chi connectivity index (χ1) is 6.27. The van der Waals surface area contributed by atoms with E-state index < -0.39 is 0 Å². The van der Waals surface area contributed by atoms with Gasteiger partial charge in [0.05, 0.1) is 13.2 Å². The van der Waals surface area contributed by atoms with Crippen LogP contribution in [0.15, 0.2) is 0 Å². The lowest BCUT2D eigenvalue weighted by Gasteiger charge is -2.25. The third-order valence-electron chi connectivity index (χ3n) is 2.75. The summed E-state index contributed by atoms with van der Waals surface area (Å²) in [4.78, 5) is 0. The molecular weight excluding hydrogens is 166 g/mol. The third-order valence-corrected chi connectivity index (χ3v) is 2.75. The molecule has 13 heavy (non-hydrogen) atoms. The van der Waals surface area contributed by atoms with Crippen molar-refractivity contribution < 1.29 is 9.84 Å². The highest BCUT2D eigenvalue weighted by molar-refractivity contribution is 4.80. The van der Waals surface area contributed by atoms with E-state index in [-0.39, 0.29) is 12.6 Å². The van der Waals surface area contributed by atoms with E-state index in [0.717, 1.165) is 26.1 Å². The van der Waals surface area contributed by atoms with E-state index in [1.807, 2.05) is 6.92 Å². The SMILES string of the molecule is CCC(NC(C)CO)C1CCOC1. The van der Waals surface area contributed by atoms with Crippen LogP contribution >= 0.6 is 0 Å². The Kier molecular flexibility index (Phi) is 4.70. The van der Waals surface area contributed by atoms with Gasteiger partial charge in [-0.05, 0) is 25.7 Å². The molecule has 3 heteroatoms. The van der Waals surface area contributed by atoms with Gasteiger partial charge >= 0.3 is 0 Å². The number of hydrogen-bond donors (Lipinski definition) is 2. The van der Waals surface area contributed by atoms with Gasteiger partial charge in [-0.25, -0.2) is 0 Å². The molecule has 0 radical (unpaired) electrons. The summed E-state index contributed by atoms with van der Waals surface area (Å²) in [5.74, 6) is 0.638. The fourth-order valence-electron chi connectivity index (χ4n) is 1.88. The molecule has 3 atom stereocenters. The van der Waals surface area contributed by atoms with Crippen LogP contribution in [0.5, 0.6) is 0 Å². The van der Waals surface area contributed by atoms with Crippen LogP contribution in [0.4, 0.5) is 0 Å². The van der Waals surface area contributed by atoms with Crippen LogP contribution in [0, 0.1) is 5.92 Å². The van der Waals surface area contributed by atoms with Crippen molar-refractivity contribution in [2.45, 2.75) is 38.8 Å². The predicted octanol–water partition coefficient (Wildman–Crippen LogP) is 0.772. The fraction of sp³-hybridized carbons (Fsp3) is 1.00. The lowest BCUT2D eigenvalue weighted by molar-refractivity contribution is 0.168. The normalized spacial score (nSPS) is 27.5. The second-order valence-corrected chi connectivity index (χ2v) is 3.89. The highest BCUT2D eigenvalue weighted by Crippen LogP contribution is 2.19. The number of nitrogens with one attached hydrogen (secondary N) is 1. The summed E-state index contributed by atoms with van der Waals surface area (Å²) in [6.07, 6.45) is 2.27. The van der Waals surface area contributed by atoms with Crippen molar-refractivity contribution in [3.63, 3.8) is 0 Å². The van der Waals surface area contributed by atoms with E-state index >= 15 is 0 Å². The maximum absolute atomic E-state index is 8.93. The number of hydrogen-bond acceptors (Lipinski definition) is 3. The zero-order valence-corrected chi connectivity index (χ0v) is 8.62. The summed E-state index contributed by atoms with van der Waals surface area (Å²) in [6, 6.07) is 0.704. The Balaban J connectivity index is 2.32. The van der Waals surface area contributed by atoms with E-state index in [2.05, 4.69) is 12.2 Å². The Hall–Kier alpha value is -0.120. The molecule has 1 aliphatic rings. The summed E-state index contributed by atoms with van der Waals surface area (Å²) >= 11 is 0. The minimum absolute atomic E-state index is 0.200. The van der Waals surface area contributed by atoms with Crippen LogP contribution in [0.3, 0.4) is 0 Å². The molecule has 0 bridgehead atoms. The summed E-state index contributed by atoms with van der Waals surface area (Å²) in [6.45, 7) is 6.18. The molecule has 0 amide bonds. The van der Waals surface area contributed by atoms with Gasteiger partial charge in [0.2, 0.25) is 0 Å². The van der Waals surface area contributed by atoms with Crippen molar-refractivity contribution in [3.8, 4) is 0 Å². The average molecular weight is 187 g/mol. The Bertz CT molecular complexity index is 135. The van der Waals surface area contributed by atoms with Crippen molar-refractivity contribution in [2.24, 2.45) is 5.92 Å². The van der Waals surface area contributed by atoms with Crippen LogP contribution in [0.1, 0.15) is 26.7 Å². The highest BCUT2D eigenvalue weighted by Gasteiger charge is 2.24. The van der Waals surface area contributed by atoms with Crippen molar-refractivity contribution in [3.05, 3.63) is 0 Å². The number of aliphatic hydroxyl groups excluding tert-OH is 1. The zero-order valence-electron chi connectivity index (χ0n) is 8.62. The lowest BCUT2D eigenvalue weighted by atomic mass is 9.96. The Morgan fingerprint density at radius 1 is 1.62 bits per heavy atom. The first kappa shape index (κ1) is 11.0. The monoisotopic (exact) mass is 187 g/mol. The number of aliphatic hydroxyl groups is 1. The Labute approximate surface area is 80.5 Å². The maximum atomic E-state index is 8.93. The topological polar surface area (TPSA) is 41.5 Å². The standard InChI is InChI=1S/C10H21NO2/c1-3-10(11-8(2)6-12)9-4-5-13-7-9/h8-12H,3-7H2,1-2H3. The van der Waals surface area contributed by atoms with E-state index in [1.165, 1.54) is 0 Å². The third kappa shape index (κ3) is 3.25. The molecular formula is C10H21NO2. The average Bonchev–Trinajstić information content (AvgIpc) is 2.66. The molecule has 0 spiro atoms. The predicted molar refractivity (Wildman–Crippen MR) is 52.7 cm³/mol. The van der Waals surface area contributed by atoms with E-state index in [0.29, 0.717) is 12.0 Å². The quantitative estimate of drug-likeness (QED) is 0.668. The van der Waals surface area contributed by atoms with Gasteiger partial charge in [0.1, 0.15) is 0 Å². The van der Waals surface area contributed by atoms with Crippen molar-refractivity contribution in [1.82, 2.24) is 5.32 Å². The van der Waals surface area contributed by atoms with Crippen LogP contribution in [0.25, 0.3) is 0 Å². The summed E-state index contributed by atoms with van der Waals surface area (Å²) in [5.41, 5.74) is 0. The molecule has 1 fully saturated rings. The molecule has 0 saturated carbocycles. The minimum Gasteiger partial charge on any atom is -0.395 e. The molecule has 1 rings (SSSR count). The van der Waals surface area contributed by atoms with Gasteiger partial charge in [-0.1, -0.05) is 6.92 Å². The smallest absolute Gasteiger partial charge is 0.0582 e. The number of rotatable bonds is 5. The second-order valence-electron chi connectivity index (χ2n) is 3.89. The summed E-state index contributed by atoms with van der Waals surface area (Å²) < 4.78 is 5.35. The van der Waals surface area contributed by atoms with Crippen LogP contribution in [0.2, 0.25) is 0 Å².